The van der Waals surface area contributed by atoms with Crippen molar-refractivity contribution in [3.8, 4) is 11.6 Å². The molecule has 1 aromatic carbocycles. The van der Waals surface area contributed by atoms with Crippen LogP contribution in [0.3, 0.4) is 0 Å². The first-order chi connectivity index (χ1) is 13.2. The fourth-order valence-corrected chi connectivity index (χ4v) is 2.55. The quantitative estimate of drug-likeness (QED) is 0.567. The Balaban J connectivity index is 1.80. The zero-order chi connectivity index (χ0) is 20.3. The summed E-state index contributed by atoms with van der Waals surface area (Å²) in [7, 11) is 0. The van der Waals surface area contributed by atoms with Gasteiger partial charge in [-0.3, -0.25) is 9.78 Å². The van der Waals surface area contributed by atoms with Gasteiger partial charge >= 0.3 is 6.18 Å². The molecule has 0 unspecified atom stereocenters. The van der Waals surface area contributed by atoms with E-state index in [9.17, 15) is 18.0 Å². The number of rotatable bonds is 4. The molecule has 0 fully saturated rings. The monoisotopic (exact) mass is 427 g/mol. The molecule has 0 aliphatic rings. The van der Waals surface area contributed by atoms with Crippen molar-refractivity contribution in [1.29, 1.82) is 0 Å². The van der Waals surface area contributed by atoms with Crippen LogP contribution in [-0.4, -0.2) is 15.9 Å². The van der Waals surface area contributed by atoms with Crippen LogP contribution in [0.5, 0.6) is 11.6 Å². The molecular formula is C18H10Cl2F3N3O2. The van der Waals surface area contributed by atoms with E-state index >= 15 is 0 Å². The average molecular weight is 428 g/mol. The van der Waals surface area contributed by atoms with Gasteiger partial charge in [0, 0.05) is 12.4 Å². The molecule has 2 heterocycles. The van der Waals surface area contributed by atoms with Crippen molar-refractivity contribution in [2.45, 2.75) is 6.18 Å². The van der Waals surface area contributed by atoms with Crippen molar-refractivity contribution in [1.82, 2.24) is 9.97 Å². The molecule has 0 radical (unpaired) electrons. The third-order valence-corrected chi connectivity index (χ3v) is 3.91. The van der Waals surface area contributed by atoms with Gasteiger partial charge in [-0.15, -0.1) is 0 Å². The number of para-hydroxylation sites is 2. The Morgan fingerprint density at radius 1 is 1.04 bits per heavy atom. The summed E-state index contributed by atoms with van der Waals surface area (Å²) in [4.78, 5) is 19.6. The molecular weight excluding hydrogens is 418 g/mol. The summed E-state index contributed by atoms with van der Waals surface area (Å²) in [5.41, 5.74) is -0.873. The molecule has 144 valence electrons. The Morgan fingerprint density at radius 3 is 2.43 bits per heavy atom. The van der Waals surface area contributed by atoms with Gasteiger partial charge in [-0.25, -0.2) is 4.98 Å². The summed E-state index contributed by atoms with van der Waals surface area (Å²) >= 11 is 11.8. The molecule has 0 saturated heterocycles. The molecule has 0 spiro atoms. The van der Waals surface area contributed by atoms with Gasteiger partial charge in [0.05, 0.1) is 16.3 Å². The summed E-state index contributed by atoms with van der Waals surface area (Å²) < 4.78 is 43.4. The maximum absolute atomic E-state index is 12.6. The lowest BCUT2D eigenvalue weighted by Crippen LogP contribution is -2.14. The first-order valence-corrected chi connectivity index (χ1v) is 8.42. The molecule has 1 N–H and O–H groups in total. The number of aromatic nitrogens is 2. The molecule has 0 bridgehead atoms. The zero-order valence-corrected chi connectivity index (χ0v) is 15.3. The number of hydrogen-bond acceptors (Lipinski definition) is 4. The van der Waals surface area contributed by atoms with Crippen molar-refractivity contribution in [2.75, 3.05) is 5.32 Å². The van der Waals surface area contributed by atoms with E-state index in [0.29, 0.717) is 5.02 Å². The van der Waals surface area contributed by atoms with Crippen molar-refractivity contribution in [3.63, 3.8) is 0 Å². The third-order valence-electron chi connectivity index (χ3n) is 3.43. The predicted molar refractivity (Wildman–Crippen MR) is 98.0 cm³/mol. The summed E-state index contributed by atoms with van der Waals surface area (Å²) in [6, 6.07) is 9.63. The van der Waals surface area contributed by atoms with Gasteiger partial charge in [0.1, 0.15) is 10.7 Å². The van der Waals surface area contributed by atoms with Crippen molar-refractivity contribution in [3.05, 3.63) is 76.2 Å². The van der Waals surface area contributed by atoms with Crippen LogP contribution in [0.4, 0.5) is 18.9 Å². The van der Waals surface area contributed by atoms with E-state index in [0.717, 1.165) is 18.3 Å². The van der Waals surface area contributed by atoms with Crippen LogP contribution in [-0.2, 0) is 6.18 Å². The number of carbonyl (C=O) groups excluding carboxylic acids is 1. The van der Waals surface area contributed by atoms with E-state index in [-0.39, 0.29) is 27.9 Å². The third kappa shape index (κ3) is 4.71. The Kier molecular flexibility index (Phi) is 5.71. The number of carbonyl (C=O) groups is 1. The number of halogens is 5. The van der Waals surface area contributed by atoms with Crippen LogP contribution >= 0.6 is 23.2 Å². The van der Waals surface area contributed by atoms with Gasteiger partial charge in [-0.05, 0) is 30.3 Å². The minimum atomic E-state index is -4.58. The molecule has 2 aromatic heterocycles. The zero-order valence-electron chi connectivity index (χ0n) is 13.8. The molecule has 3 aromatic rings. The number of ether oxygens (including phenoxy) is 1. The van der Waals surface area contributed by atoms with Crippen LogP contribution < -0.4 is 10.1 Å². The molecule has 0 aliphatic carbocycles. The highest BCUT2D eigenvalue weighted by Gasteiger charge is 2.32. The van der Waals surface area contributed by atoms with Crippen molar-refractivity contribution in [2.24, 2.45) is 0 Å². The minimum Gasteiger partial charge on any atom is -0.435 e. The van der Waals surface area contributed by atoms with Crippen molar-refractivity contribution >= 4 is 34.8 Å². The van der Waals surface area contributed by atoms with Gasteiger partial charge < -0.3 is 10.1 Å². The first-order valence-electron chi connectivity index (χ1n) is 7.66. The number of alkyl halides is 3. The van der Waals surface area contributed by atoms with Gasteiger partial charge in [0.25, 0.3) is 5.91 Å². The topological polar surface area (TPSA) is 64.1 Å². The van der Waals surface area contributed by atoms with E-state index in [1.165, 1.54) is 12.3 Å². The molecule has 1 amide bonds. The molecule has 0 aliphatic heterocycles. The highest BCUT2D eigenvalue weighted by Crippen LogP contribution is 2.33. The molecule has 28 heavy (non-hydrogen) atoms. The van der Waals surface area contributed by atoms with Crippen LogP contribution in [0, 0.1) is 0 Å². The smallest absolute Gasteiger partial charge is 0.433 e. The predicted octanol–water partition coefficient (Wildman–Crippen LogP) is 5.85. The van der Waals surface area contributed by atoms with Crippen LogP contribution in [0.15, 0.2) is 54.9 Å². The number of nitrogens with zero attached hydrogens (tertiary/aromatic N) is 2. The highest BCUT2D eigenvalue weighted by molar-refractivity contribution is 6.35. The molecule has 0 atom stereocenters. The fraction of sp³-hybridized carbons (Fsp3) is 0.0556. The van der Waals surface area contributed by atoms with E-state index in [4.69, 9.17) is 27.9 Å². The largest absolute Gasteiger partial charge is 0.435 e. The summed E-state index contributed by atoms with van der Waals surface area (Å²) in [6.07, 6.45) is -2.39. The lowest BCUT2D eigenvalue weighted by Gasteiger charge is -2.12. The molecule has 5 nitrogen and oxygen atoms in total. The van der Waals surface area contributed by atoms with Crippen molar-refractivity contribution < 1.29 is 22.7 Å². The second-order valence-corrected chi connectivity index (χ2v) is 6.27. The minimum absolute atomic E-state index is 0.0505. The van der Waals surface area contributed by atoms with E-state index in [2.05, 4.69) is 15.3 Å². The average Bonchev–Trinajstić information content (AvgIpc) is 2.65. The van der Waals surface area contributed by atoms with E-state index in [1.807, 2.05) is 0 Å². The lowest BCUT2D eigenvalue weighted by atomic mass is 10.2. The number of pyridine rings is 2. The molecule has 0 saturated carbocycles. The Morgan fingerprint density at radius 2 is 1.79 bits per heavy atom. The second-order valence-electron chi connectivity index (χ2n) is 5.42. The van der Waals surface area contributed by atoms with Crippen LogP contribution in [0.2, 0.25) is 10.0 Å². The number of amides is 1. The maximum Gasteiger partial charge on any atom is 0.433 e. The highest BCUT2D eigenvalue weighted by atomic mass is 35.5. The van der Waals surface area contributed by atoms with Gasteiger partial charge in [0.15, 0.2) is 5.75 Å². The summed E-state index contributed by atoms with van der Waals surface area (Å²) in [5.74, 6) is -0.358. The summed E-state index contributed by atoms with van der Waals surface area (Å²) in [5, 5.41) is 3.05. The lowest BCUT2D eigenvalue weighted by molar-refractivity contribution is -0.141. The SMILES string of the molecule is O=C(Nc1ccccc1Oc1ncc(Cl)cc1Cl)c1ccc(C(F)(F)F)nc1. The number of benzene rings is 1. The fourth-order valence-electron chi connectivity index (χ4n) is 2.13. The standard InChI is InChI=1S/C18H10Cl2F3N3O2/c19-11-7-12(20)17(25-9-11)28-14-4-2-1-3-13(14)26-16(27)10-5-6-15(24-8-10)18(21,22)23/h1-9H,(H,26,27). The maximum atomic E-state index is 12.6. The Labute approximate surface area is 167 Å². The van der Waals surface area contributed by atoms with E-state index in [1.54, 1.807) is 24.3 Å². The van der Waals surface area contributed by atoms with Gasteiger partial charge in [-0.2, -0.15) is 13.2 Å². The first kappa shape index (κ1) is 19.9. The normalized spacial score (nSPS) is 11.2. The van der Waals surface area contributed by atoms with Crippen LogP contribution in [0.25, 0.3) is 0 Å². The Bertz CT molecular complexity index is 1010. The summed E-state index contributed by atoms with van der Waals surface area (Å²) in [6.45, 7) is 0. The number of nitrogens with one attached hydrogen (secondary N) is 1. The molecule has 3 rings (SSSR count). The number of anilines is 1. The molecule has 10 heteroatoms. The number of hydrogen-bond donors (Lipinski definition) is 1. The van der Waals surface area contributed by atoms with Crippen LogP contribution in [0.1, 0.15) is 16.1 Å². The Hall–Kier alpha value is -2.84. The second kappa shape index (κ2) is 8.04. The van der Waals surface area contributed by atoms with E-state index < -0.39 is 17.8 Å². The van der Waals surface area contributed by atoms with Gasteiger partial charge in [-0.1, -0.05) is 35.3 Å². The van der Waals surface area contributed by atoms with Gasteiger partial charge in [0.2, 0.25) is 5.88 Å².